The van der Waals surface area contributed by atoms with Crippen molar-refractivity contribution in [3.63, 3.8) is 0 Å². The molecule has 7 heteroatoms. The van der Waals surface area contributed by atoms with Crippen LogP contribution < -0.4 is 10.5 Å². The van der Waals surface area contributed by atoms with Gasteiger partial charge in [-0.1, -0.05) is 30.3 Å². The molecular formula is C21H18N4O3. The molecule has 1 aliphatic carbocycles. The third-order valence-electron chi connectivity index (χ3n) is 5.65. The van der Waals surface area contributed by atoms with E-state index in [1.165, 1.54) is 14.2 Å². The molecule has 1 saturated carbocycles. The first kappa shape index (κ1) is 18.0. The van der Waals surface area contributed by atoms with E-state index in [-0.39, 0.29) is 5.84 Å². The summed E-state index contributed by atoms with van der Waals surface area (Å²) in [7, 11) is 2.77. The molecule has 0 amide bonds. The molecule has 28 heavy (non-hydrogen) atoms. The molecule has 0 bridgehead atoms. The van der Waals surface area contributed by atoms with Crippen molar-refractivity contribution in [3.8, 4) is 23.6 Å². The topological polar surface area (TPSA) is 114 Å². The number of hydrogen-bond acceptors (Lipinski definition) is 7. The van der Waals surface area contributed by atoms with Gasteiger partial charge in [-0.2, -0.15) is 10.5 Å². The Morgan fingerprint density at radius 3 is 2.25 bits per heavy atom. The molecule has 2 aromatic rings. The lowest BCUT2D eigenvalue weighted by Crippen LogP contribution is -2.41. The highest BCUT2D eigenvalue weighted by Crippen LogP contribution is 2.81. The molecule has 2 aliphatic rings. The van der Waals surface area contributed by atoms with Crippen molar-refractivity contribution in [2.24, 2.45) is 21.6 Å². The number of nitrogens with two attached hydrogens (primary N) is 1. The van der Waals surface area contributed by atoms with Crippen LogP contribution in [0.5, 0.6) is 11.5 Å². The molecule has 1 heterocycles. The number of fused-ring (bicyclic) bond motifs is 1. The zero-order valence-corrected chi connectivity index (χ0v) is 15.4. The van der Waals surface area contributed by atoms with Gasteiger partial charge in [-0.15, -0.1) is 0 Å². The predicted molar refractivity (Wildman–Crippen MR) is 100 cm³/mol. The van der Waals surface area contributed by atoms with Gasteiger partial charge in [0.15, 0.2) is 5.41 Å². The van der Waals surface area contributed by atoms with E-state index in [1.54, 1.807) is 6.07 Å². The van der Waals surface area contributed by atoms with Crippen molar-refractivity contribution < 1.29 is 14.2 Å². The molecule has 1 fully saturated rings. The van der Waals surface area contributed by atoms with E-state index in [1.807, 2.05) is 48.5 Å². The molecule has 0 saturated heterocycles. The second kappa shape index (κ2) is 6.07. The van der Waals surface area contributed by atoms with Crippen LogP contribution in [-0.2, 0) is 9.47 Å². The maximum Gasteiger partial charge on any atom is 0.292 e. The van der Waals surface area contributed by atoms with Gasteiger partial charge in [-0.25, -0.2) is 4.99 Å². The fourth-order valence-corrected chi connectivity index (χ4v) is 4.40. The number of aliphatic imine (C=N–C) groups is 1. The van der Waals surface area contributed by atoms with Crippen molar-refractivity contribution in [1.29, 1.82) is 10.5 Å². The lowest BCUT2D eigenvalue weighted by Gasteiger charge is -2.29. The van der Waals surface area contributed by atoms with Crippen molar-refractivity contribution in [3.05, 3.63) is 60.2 Å². The maximum atomic E-state index is 10.1. The van der Waals surface area contributed by atoms with Crippen molar-refractivity contribution in [2.45, 2.75) is 11.8 Å². The van der Waals surface area contributed by atoms with Gasteiger partial charge in [0.05, 0.1) is 12.1 Å². The third-order valence-corrected chi connectivity index (χ3v) is 5.65. The second-order valence-corrected chi connectivity index (χ2v) is 6.75. The van der Waals surface area contributed by atoms with E-state index in [4.69, 9.17) is 19.9 Å². The summed E-state index contributed by atoms with van der Waals surface area (Å²) >= 11 is 0. The molecule has 4 rings (SSSR count). The standard InChI is InChI=1S/C21H18N4O3/c1-26-21(27-2)20(13-23)17(19(20,12-22)18(24)25-21)14-7-6-10-16(11-14)28-15-8-4-3-5-9-15/h3-11,17H,1-2H3,(H2,24,25)/t17-,19-,20-/m0/s1. The molecule has 3 atom stereocenters. The minimum atomic E-state index is -1.64. The molecule has 7 nitrogen and oxygen atoms in total. The number of rotatable bonds is 5. The predicted octanol–water partition coefficient (Wildman–Crippen LogP) is 2.91. The Balaban J connectivity index is 1.79. The zero-order valence-electron chi connectivity index (χ0n) is 15.4. The summed E-state index contributed by atoms with van der Waals surface area (Å²) < 4.78 is 16.8. The summed E-state index contributed by atoms with van der Waals surface area (Å²) in [4.78, 5) is 4.21. The average molecular weight is 374 g/mol. The number of amidine groups is 1. The van der Waals surface area contributed by atoms with E-state index in [0.717, 1.165) is 5.56 Å². The number of benzene rings is 2. The maximum absolute atomic E-state index is 10.1. The SMILES string of the molecule is COC1(OC)N=C(N)[C@]2(C#N)[C@H](c3cccc(Oc4ccccc4)c3)[C@]12C#N. The fourth-order valence-electron chi connectivity index (χ4n) is 4.40. The Kier molecular flexibility index (Phi) is 3.90. The van der Waals surface area contributed by atoms with E-state index in [0.29, 0.717) is 11.5 Å². The van der Waals surface area contributed by atoms with Crippen LogP contribution in [0.3, 0.4) is 0 Å². The molecule has 2 N–H and O–H groups in total. The largest absolute Gasteiger partial charge is 0.457 e. The monoisotopic (exact) mass is 374 g/mol. The quantitative estimate of drug-likeness (QED) is 0.805. The number of methoxy groups -OCH3 is 2. The first-order chi connectivity index (χ1) is 13.5. The Bertz CT molecular complexity index is 1040. The molecule has 0 spiro atoms. The second-order valence-electron chi connectivity index (χ2n) is 6.75. The Labute approximate surface area is 162 Å². The summed E-state index contributed by atoms with van der Waals surface area (Å²) in [5.41, 5.74) is 4.16. The number of ether oxygens (including phenoxy) is 3. The van der Waals surface area contributed by atoms with Crippen LogP contribution in [0.4, 0.5) is 0 Å². The van der Waals surface area contributed by atoms with Gasteiger partial charge in [0.2, 0.25) is 0 Å². The molecule has 0 radical (unpaired) electrons. The highest BCUT2D eigenvalue weighted by Gasteiger charge is 2.93. The average Bonchev–Trinajstić information content (AvgIpc) is 3.31. The lowest BCUT2D eigenvalue weighted by atomic mass is 9.93. The van der Waals surface area contributed by atoms with E-state index >= 15 is 0 Å². The normalized spacial score (nSPS) is 29.1. The zero-order chi connectivity index (χ0) is 20.0. The summed E-state index contributed by atoms with van der Waals surface area (Å²) in [6, 6.07) is 21.1. The van der Waals surface area contributed by atoms with E-state index < -0.39 is 22.7 Å². The van der Waals surface area contributed by atoms with Gasteiger partial charge < -0.3 is 19.9 Å². The number of para-hydroxylation sites is 1. The van der Waals surface area contributed by atoms with Gasteiger partial charge in [-0.3, -0.25) is 0 Å². The van der Waals surface area contributed by atoms with Crippen molar-refractivity contribution in [2.75, 3.05) is 14.2 Å². The van der Waals surface area contributed by atoms with E-state index in [2.05, 4.69) is 17.1 Å². The smallest absolute Gasteiger partial charge is 0.292 e. The van der Waals surface area contributed by atoms with Crippen LogP contribution in [0.25, 0.3) is 0 Å². The Hall–Kier alpha value is -3.39. The third kappa shape index (κ3) is 1.95. The van der Waals surface area contributed by atoms with Crippen LogP contribution in [0.1, 0.15) is 11.5 Å². The first-order valence-corrected chi connectivity index (χ1v) is 8.66. The fraction of sp³-hybridized carbons (Fsp3) is 0.286. The lowest BCUT2D eigenvalue weighted by molar-refractivity contribution is -0.230. The van der Waals surface area contributed by atoms with Gasteiger partial charge >= 0.3 is 0 Å². The van der Waals surface area contributed by atoms with Gasteiger partial charge in [0.1, 0.15) is 22.7 Å². The molecule has 1 aliphatic heterocycles. The minimum Gasteiger partial charge on any atom is -0.457 e. The van der Waals surface area contributed by atoms with Crippen molar-refractivity contribution >= 4 is 5.84 Å². The number of nitrogens with zero attached hydrogens (tertiary/aromatic N) is 3. The highest BCUT2D eigenvalue weighted by atomic mass is 16.7. The molecule has 0 unspecified atom stereocenters. The molecule has 2 aromatic carbocycles. The number of nitriles is 2. The first-order valence-electron chi connectivity index (χ1n) is 8.66. The Morgan fingerprint density at radius 1 is 0.964 bits per heavy atom. The van der Waals surface area contributed by atoms with Gasteiger partial charge in [0.25, 0.3) is 5.91 Å². The van der Waals surface area contributed by atoms with Crippen LogP contribution in [0, 0.1) is 33.5 Å². The molecular weight excluding hydrogens is 356 g/mol. The van der Waals surface area contributed by atoms with Crippen LogP contribution in [0.15, 0.2) is 59.6 Å². The van der Waals surface area contributed by atoms with Gasteiger partial charge in [-0.05, 0) is 29.8 Å². The van der Waals surface area contributed by atoms with Crippen LogP contribution in [0.2, 0.25) is 0 Å². The summed E-state index contributed by atoms with van der Waals surface area (Å²) in [6.45, 7) is 0. The molecule has 140 valence electrons. The summed E-state index contributed by atoms with van der Waals surface area (Å²) in [5, 5.41) is 20.1. The highest BCUT2D eigenvalue weighted by molar-refractivity contribution is 6.00. The molecule has 0 aromatic heterocycles. The van der Waals surface area contributed by atoms with E-state index in [9.17, 15) is 10.5 Å². The summed E-state index contributed by atoms with van der Waals surface area (Å²) in [5.74, 6) is -0.885. The summed E-state index contributed by atoms with van der Waals surface area (Å²) in [6.07, 6.45) is 0. The van der Waals surface area contributed by atoms with Crippen molar-refractivity contribution in [1.82, 2.24) is 0 Å². The minimum absolute atomic E-state index is 0.0413. The van der Waals surface area contributed by atoms with Crippen LogP contribution >= 0.6 is 0 Å². The van der Waals surface area contributed by atoms with Gasteiger partial charge in [0, 0.05) is 20.1 Å². The number of hydrogen-bond donors (Lipinski definition) is 1. The Morgan fingerprint density at radius 2 is 1.64 bits per heavy atom. The van der Waals surface area contributed by atoms with Crippen LogP contribution in [-0.4, -0.2) is 26.0 Å².